The molecule has 0 aliphatic rings. The molecule has 4 rings (SSSR count). The van der Waals surface area contributed by atoms with E-state index in [2.05, 4.69) is 100 Å². The van der Waals surface area contributed by atoms with Crippen molar-refractivity contribution in [3.63, 3.8) is 0 Å². The summed E-state index contributed by atoms with van der Waals surface area (Å²) in [6, 6.07) is 32.9. The van der Waals surface area contributed by atoms with Gasteiger partial charge in [-0.05, 0) is 87.7 Å². The maximum Gasteiger partial charge on any atom is 0.166 e. The molecule has 0 radical (unpaired) electrons. The standard InChI is InChI=1S/C21H21S.C10H14O3S/c1-16-4-10-19(11-5-16)22(20-12-6-17(2)7-13-20)21-14-8-18(3)9-15-21;1-2-3-4-9-5-7-10(8-6-9)14(11,12)13/h4-15H,1-3H3;5-8H,2-4H2,1H3,(H,11,12,13)/q+1;/p-1. The molecule has 0 aliphatic carbocycles. The van der Waals surface area contributed by atoms with Crippen LogP contribution in [0.4, 0.5) is 0 Å². The predicted octanol–water partition coefficient (Wildman–Crippen LogP) is 7.64. The molecule has 36 heavy (non-hydrogen) atoms. The van der Waals surface area contributed by atoms with Crippen molar-refractivity contribution in [2.45, 2.75) is 66.5 Å². The second-order valence-corrected chi connectivity index (χ2v) is 12.4. The van der Waals surface area contributed by atoms with Crippen LogP contribution in [0.3, 0.4) is 0 Å². The molecule has 0 aliphatic heterocycles. The van der Waals surface area contributed by atoms with Gasteiger partial charge in [0.05, 0.1) is 15.8 Å². The molecule has 0 amide bonds. The van der Waals surface area contributed by atoms with Crippen molar-refractivity contribution in [2.24, 2.45) is 0 Å². The largest absolute Gasteiger partial charge is 0.744 e. The second kappa shape index (κ2) is 12.9. The molecule has 0 fully saturated rings. The van der Waals surface area contributed by atoms with Gasteiger partial charge in [0.15, 0.2) is 14.7 Å². The molecule has 0 N–H and O–H groups in total. The van der Waals surface area contributed by atoms with E-state index < -0.39 is 10.1 Å². The quantitative estimate of drug-likeness (QED) is 0.187. The lowest BCUT2D eigenvalue weighted by Gasteiger charge is -2.09. The zero-order chi connectivity index (χ0) is 26.1. The first kappa shape index (κ1) is 27.7. The van der Waals surface area contributed by atoms with Crippen LogP contribution in [0.25, 0.3) is 0 Å². The maximum absolute atomic E-state index is 10.6. The van der Waals surface area contributed by atoms with E-state index in [9.17, 15) is 13.0 Å². The maximum atomic E-state index is 10.6. The van der Waals surface area contributed by atoms with Crippen LogP contribution in [-0.4, -0.2) is 13.0 Å². The first-order valence-corrected chi connectivity index (χ1v) is 14.8. The molecule has 0 atom stereocenters. The van der Waals surface area contributed by atoms with Gasteiger partial charge in [-0.3, -0.25) is 0 Å². The fraction of sp³-hybridized carbons (Fsp3) is 0.226. The lowest BCUT2D eigenvalue weighted by molar-refractivity contribution is 0.463. The van der Waals surface area contributed by atoms with E-state index in [-0.39, 0.29) is 15.8 Å². The summed E-state index contributed by atoms with van der Waals surface area (Å²) in [7, 11) is -4.33. The molecule has 3 nitrogen and oxygen atoms in total. The number of hydrogen-bond acceptors (Lipinski definition) is 3. The van der Waals surface area contributed by atoms with Crippen LogP contribution in [0.5, 0.6) is 0 Å². The third kappa shape index (κ3) is 8.09. The summed E-state index contributed by atoms with van der Waals surface area (Å²) in [5, 5.41) is 0. The van der Waals surface area contributed by atoms with Crippen LogP contribution in [0.15, 0.2) is 117 Å². The lowest BCUT2D eigenvalue weighted by Crippen LogP contribution is -2.04. The Balaban J connectivity index is 0.000000223. The minimum Gasteiger partial charge on any atom is -0.744 e. The SMILES string of the molecule is CCCCc1ccc(S(=O)(=O)[O-])cc1.Cc1ccc([S+](c2ccc(C)cc2)c2ccc(C)cc2)cc1. The van der Waals surface area contributed by atoms with E-state index >= 15 is 0 Å². The van der Waals surface area contributed by atoms with Crippen molar-refractivity contribution < 1.29 is 13.0 Å². The molecule has 5 heteroatoms. The van der Waals surface area contributed by atoms with Crippen molar-refractivity contribution in [1.82, 2.24) is 0 Å². The molecule has 0 bridgehead atoms. The summed E-state index contributed by atoms with van der Waals surface area (Å²) >= 11 is 0. The van der Waals surface area contributed by atoms with Crippen molar-refractivity contribution in [1.29, 1.82) is 0 Å². The number of benzene rings is 4. The van der Waals surface area contributed by atoms with Crippen molar-refractivity contribution in [3.05, 3.63) is 119 Å². The molecule has 188 valence electrons. The van der Waals surface area contributed by atoms with E-state index in [1.54, 1.807) is 12.1 Å². The topological polar surface area (TPSA) is 57.2 Å². The Morgan fingerprint density at radius 3 is 1.28 bits per heavy atom. The Morgan fingerprint density at radius 1 is 0.611 bits per heavy atom. The van der Waals surface area contributed by atoms with Gasteiger partial charge in [0, 0.05) is 0 Å². The smallest absolute Gasteiger partial charge is 0.166 e. The van der Waals surface area contributed by atoms with Crippen LogP contribution >= 0.6 is 0 Å². The van der Waals surface area contributed by atoms with Gasteiger partial charge in [-0.2, -0.15) is 0 Å². The fourth-order valence-electron chi connectivity index (χ4n) is 3.63. The summed E-state index contributed by atoms with van der Waals surface area (Å²) in [5.74, 6) is 0. The highest BCUT2D eigenvalue weighted by atomic mass is 32.2. The van der Waals surface area contributed by atoms with E-state index in [0.29, 0.717) is 0 Å². The van der Waals surface area contributed by atoms with Gasteiger partial charge in [-0.1, -0.05) is 78.6 Å². The Kier molecular flexibility index (Phi) is 9.94. The van der Waals surface area contributed by atoms with Crippen molar-refractivity contribution in [2.75, 3.05) is 0 Å². The van der Waals surface area contributed by atoms with Crippen molar-refractivity contribution in [3.8, 4) is 0 Å². The molecule has 0 saturated carbocycles. The average molecular weight is 519 g/mol. The van der Waals surface area contributed by atoms with Crippen molar-refractivity contribution >= 4 is 21.0 Å². The summed E-state index contributed by atoms with van der Waals surface area (Å²) < 4.78 is 31.8. The number of hydrogen-bond donors (Lipinski definition) is 0. The average Bonchev–Trinajstić information content (AvgIpc) is 2.86. The highest BCUT2D eigenvalue weighted by Gasteiger charge is 2.28. The minimum atomic E-state index is -4.29. The Bertz CT molecular complexity index is 1220. The number of aryl methyl sites for hydroxylation is 4. The van der Waals surface area contributed by atoms with E-state index in [0.717, 1.165) is 24.8 Å². The molecular formula is C31H34O3S2. The summed E-state index contributed by atoms with van der Waals surface area (Å²) in [5.41, 5.74) is 4.99. The number of rotatable bonds is 7. The van der Waals surface area contributed by atoms with E-state index in [4.69, 9.17) is 0 Å². The monoisotopic (exact) mass is 518 g/mol. The first-order chi connectivity index (χ1) is 17.2. The van der Waals surface area contributed by atoms with E-state index in [1.165, 1.54) is 43.5 Å². The van der Waals surface area contributed by atoms with Crippen LogP contribution in [0.2, 0.25) is 0 Å². The third-order valence-electron chi connectivity index (χ3n) is 5.80. The molecule has 0 unspecified atom stereocenters. The minimum absolute atomic E-state index is 0.0394. The summed E-state index contributed by atoms with van der Waals surface area (Å²) in [4.78, 5) is 3.97. The fourth-order valence-corrected chi connectivity index (χ4v) is 6.15. The highest BCUT2D eigenvalue weighted by Crippen LogP contribution is 2.31. The number of unbranched alkanes of at least 4 members (excludes halogenated alkanes) is 1. The Labute approximate surface area is 219 Å². The molecule has 0 heterocycles. The van der Waals surface area contributed by atoms with Gasteiger partial charge in [-0.25, -0.2) is 8.42 Å². The van der Waals surface area contributed by atoms with Gasteiger partial charge in [0.25, 0.3) is 0 Å². The Hall–Kier alpha value is -2.86. The normalized spacial score (nSPS) is 11.2. The van der Waals surface area contributed by atoms with Crippen LogP contribution < -0.4 is 0 Å². The molecule has 4 aromatic rings. The highest BCUT2D eigenvalue weighted by molar-refractivity contribution is 7.97. The molecule has 0 saturated heterocycles. The molecular weight excluding hydrogens is 484 g/mol. The molecule has 0 spiro atoms. The first-order valence-electron chi connectivity index (χ1n) is 12.2. The van der Waals surface area contributed by atoms with Gasteiger partial charge in [-0.15, -0.1) is 0 Å². The van der Waals surface area contributed by atoms with Crippen LogP contribution in [0.1, 0.15) is 42.0 Å². The Morgan fingerprint density at radius 2 is 0.972 bits per heavy atom. The van der Waals surface area contributed by atoms with Gasteiger partial charge in [0.2, 0.25) is 0 Å². The van der Waals surface area contributed by atoms with Gasteiger partial charge >= 0.3 is 0 Å². The lowest BCUT2D eigenvalue weighted by atomic mass is 10.1. The van der Waals surface area contributed by atoms with Crippen LogP contribution in [0, 0.1) is 20.8 Å². The van der Waals surface area contributed by atoms with Gasteiger partial charge in [0.1, 0.15) is 10.1 Å². The zero-order valence-electron chi connectivity index (χ0n) is 21.4. The van der Waals surface area contributed by atoms with Gasteiger partial charge < -0.3 is 4.55 Å². The van der Waals surface area contributed by atoms with E-state index in [1.807, 2.05) is 0 Å². The summed E-state index contributed by atoms with van der Waals surface area (Å²) in [6.45, 7) is 8.51. The summed E-state index contributed by atoms with van der Waals surface area (Å²) in [6.07, 6.45) is 3.10. The second-order valence-electron chi connectivity index (χ2n) is 8.95. The van der Waals surface area contributed by atoms with Crippen LogP contribution in [-0.2, 0) is 27.4 Å². The zero-order valence-corrected chi connectivity index (χ0v) is 23.0. The predicted molar refractivity (Wildman–Crippen MR) is 149 cm³/mol. The molecule has 4 aromatic carbocycles. The third-order valence-corrected chi connectivity index (χ3v) is 8.88. The molecule has 0 aromatic heterocycles.